The summed E-state index contributed by atoms with van der Waals surface area (Å²) < 4.78 is 0. The lowest BCUT2D eigenvalue weighted by molar-refractivity contribution is -0.142. The van der Waals surface area contributed by atoms with Gasteiger partial charge in [-0.2, -0.15) is 0 Å². The first-order valence-corrected chi connectivity index (χ1v) is 8.88. The molecule has 26 heavy (non-hydrogen) atoms. The van der Waals surface area contributed by atoms with E-state index in [1.165, 1.54) is 11.8 Å². The fourth-order valence-electron chi connectivity index (χ4n) is 3.68. The van der Waals surface area contributed by atoms with Gasteiger partial charge in [-0.05, 0) is 37.1 Å². The highest BCUT2D eigenvalue weighted by Gasteiger charge is 2.48. The van der Waals surface area contributed by atoms with E-state index in [0.717, 1.165) is 30.6 Å². The minimum atomic E-state index is -0.405. The number of nitrogens with one attached hydrogen (secondary N) is 1. The number of amides is 4. The van der Waals surface area contributed by atoms with Gasteiger partial charge in [-0.3, -0.25) is 24.1 Å². The molecule has 0 spiro atoms. The normalized spacial score (nSPS) is 22.2. The molecule has 1 N–H and O–H groups in total. The number of nitrogens with zero attached hydrogens (tertiary/aromatic N) is 2. The minimum absolute atomic E-state index is 0.0886. The molecule has 1 heterocycles. The SMILES string of the molecule is CC(=O)N(C)c1ccc(NC(=O)CN2C(=O)C3CCCCC3C2=O)cc1. The van der Waals surface area contributed by atoms with Crippen molar-refractivity contribution >= 4 is 35.0 Å². The highest BCUT2D eigenvalue weighted by molar-refractivity contribution is 6.08. The van der Waals surface area contributed by atoms with Crippen molar-refractivity contribution in [2.45, 2.75) is 32.6 Å². The summed E-state index contributed by atoms with van der Waals surface area (Å²) in [6.07, 6.45) is 3.39. The van der Waals surface area contributed by atoms with Gasteiger partial charge in [-0.15, -0.1) is 0 Å². The van der Waals surface area contributed by atoms with Gasteiger partial charge in [0, 0.05) is 25.3 Å². The first-order chi connectivity index (χ1) is 12.4. The van der Waals surface area contributed by atoms with Crippen molar-refractivity contribution < 1.29 is 19.2 Å². The van der Waals surface area contributed by atoms with E-state index in [9.17, 15) is 19.2 Å². The predicted molar refractivity (Wildman–Crippen MR) is 96.3 cm³/mol. The summed E-state index contributed by atoms with van der Waals surface area (Å²) >= 11 is 0. The van der Waals surface area contributed by atoms with Crippen LogP contribution in [0.4, 0.5) is 11.4 Å². The molecule has 0 aromatic heterocycles. The summed E-state index contributed by atoms with van der Waals surface area (Å²) in [7, 11) is 1.67. The number of hydrogen-bond donors (Lipinski definition) is 1. The maximum Gasteiger partial charge on any atom is 0.244 e. The number of carbonyl (C=O) groups is 4. The van der Waals surface area contributed by atoms with Crippen molar-refractivity contribution in [2.24, 2.45) is 11.8 Å². The third kappa shape index (κ3) is 3.47. The molecule has 1 aromatic rings. The molecular weight excluding hydrogens is 334 g/mol. The van der Waals surface area contributed by atoms with Gasteiger partial charge < -0.3 is 10.2 Å². The molecule has 138 valence electrons. The number of imide groups is 1. The smallest absolute Gasteiger partial charge is 0.244 e. The molecular formula is C19H23N3O4. The van der Waals surface area contributed by atoms with Crippen LogP contribution in [0.15, 0.2) is 24.3 Å². The number of carbonyl (C=O) groups excluding carboxylic acids is 4. The largest absolute Gasteiger partial charge is 0.325 e. The van der Waals surface area contributed by atoms with E-state index in [-0.39, 0.29) is 36.1 Å². The molecule has 7 nitrogen and oxygen atoms in total. The second-order valence-corrected chi connectivity index (χ2v) is 6.93. The van der Waals surface area contributed by atoms with Gasteiger partial charge in [-0.25, -0.2) is 0 Å². The Morgan fingerprint density at radius 1 is 1.08 bits per heavy atom. The lowest BCUT2D eigenvalue weighted by Gasteiger charge is -2.19. The number of fused-ring (bicyclic) bond motifs is 1. The first kappa shape index (κ1) is 18.1. The van der Waals surface area contributed by atoms with Crippen LogP contribution >= 0.6 is 0 Å². The summed E-state index contributed by atoms with van der Waals surface area (Å²) in [6.45, 7) is 1.22. The molecule has 1 aliphatic heterocycles. The fraction of sp³-hybridized carbons (Fsp3) is 0.474. The van der Waals surface area contributed by atoms with Gasteiger partial charge in [0.2, 0.25) is 23.6 Å². The second-order valence-electron chi connectivity index (χ2n) is 6.93. The van der Waals surface area contributed by atoms with E-state index in [1.54, 1.807) is 31.3 Å². The third-order valence-electron chi connectivity index (χ3n) is 5.24. The molecule has 4 amide bonds. The minimum Gasteiger partial charge on any atom is -0.325 e. The van der Waals surface area contributed by atoms with Crippen LogP contribution in [-0.4, -0.2) is 42.1 Å². The van der Waals surface area contributed by atoms with Gasteiger partial charge >= 0.3 is 0 Å². The Morgan fingerprint density at radius 3 is 2.12 bits per heavy atom. The van der Waals surface area contributed by atoms with Gasteiger partial charge in [-0.1, -0.05) is 12.8 Å². The summed E-state index contributed by atoms with van der Waals surface area (Å²) in [5, 5.41) is 2.70. The van der Waals surface area contributed by atoms with Crippen LogP contribution in [0.25, 0.3) is 0 Å². The van der Waals surface area contributed by atoms with Crippen LogP contribution in [0.3, 0.4) is 0 Å². The molecule has 1 saturated heterocycles. The molecule has 1 aliphatic carbocycles. The van der Waals surface area contributed by atoms with Gasteiger partial charge in [0.15, 0.2) is 0 Å². The lowest BCUT2D eigenvalue weighted by Crippen LogP contribution is -2.38. The monoisotopic (exact) mass is 357 g/mol. The van der Waals surface area contributed by atoms with E-state index in [1.807, 2.05) is 0 Å². The number of likely N-dealkylation sites (tertiary alicyclic amines) is 1. The quantitative estimate of drug-likeness (QED) is 0.832. The van der Waals surface area contributed by atoms with E-state index < -0.39 is 5.91 Å². The van der Waals surface area contributed by atoms with Crippen molar-refractivity contribution in [3.63, 3.8) is 0 Å². The topological polar surface area (TPSA) is 86.8 Å². The Bertz CT molecular complexity index is 720. The molecule has 0 bridgehead atoms. The molecule has 0 radical (unpaired) electrons. The Balaban J connectivity index is 1.61. The van der Waals surface area contributed by atoms with Crippen LogP contribution in [0, 0.1) is 11.8 Å². The van der Waals surface area contributed by atoms with Crippen molar-refractivity contribution in [1.29, 1.82) is 0 Å². The molecule has 1 aromatic carbocycles. The summed E-state index contributed by atoms with van der Waals surface area (Å²) in [6, 6.07) is 6.80. The Kier molecular flexibility index (Phi) is 5.06. The molecule has 2 fully saturated rings. The number of hydrogen-bond acceptors (Lipinski definition) is 4. The van der Waals surface area contributed by atoms with Crippen LogP contribution in [0.2, 0.25) is 0 Å². The van der Waals surface area contributed by atoms with Crippen LogP contribution < -0.4 is 10.2 Å². The highest BCUT2D eigenvalue weighted by atomic mass is 16.2. The predicted octanol–water partition coefficient (Wildman–Crippen LogP) is 1.78. The maximum atomic E-state index is 12.4. The van der Waals surface area contributed by atoms with Crippen LogP contribution in [-0.2, 0) is 19.2 Å². The zero-order valence-electron chi connectivity index (χ0n) is 15.0. The van der Waals surface area contributed by atoms with Crippen LogP contribution in [0.1, 0.15) is 32.6 Å². The Labute approximate surface area is 152 Å². The zero-order chi connectivity index (χ0) is 18.8. The van der Waals surface area contributed by atoms with Gasteiger partial charge in [0.05, 0.1) is 11.8 Å². The highest BCUT2D eigenvalue weighted by Crippen LogP contribution is 2.37. The zero-order valence-corrected chi connectivity index (χ0v) is 15.0. The van der Waals surface area contributed by atoms with Gasteiger partial charge in [0.25, 0.3) is 0 Å². The third-order valence-corrected chi connectivity index (χ3v) is 5.24. The van der Waals surface area contributed by atoms with E-state index >= 15 is 0 Å². The standard InChI is InChI=1S/C19H23N3O4/c1-12(23)21(2)14-9-7-13(8-10-14)20-17(24)11-22-18(25)15-5-3-4-6-16(15)19(22)26/h7-10,15-16H,3-6,11H2,1-2H3,(H,20,24). The molecule has 2 atom stereocenters. The molecule has 2 aliphatic rings. The Morgan fingerprint density at radius 2 is 1.62 bits per heavy atom. The Hall–Kier alpha value is -2.70. The van der Waals surface area contributed by atoms with Crippen molar-refractivity contribution in [3.8, 4) is 0 Å². The maximum absolute atomic E-state index is 12.4. The lowest BCUT2D eigenvalue weighted by atomic mass is 9.81. The second kappa shape index (κ2) is 7.27. The van der Waals surface area contributed by atoms with E-state index in [4.69, 9.17) is 0 Å². The average Bonchev–Trinajstić information content (AvgIpc) is 2.87. The van der Waals surface area contributed by atoms with Crippen molar-refractivity contribution in [1.82, 2.24) is 4.90 Å². The van der Waals surface area contributed by atoms with E-state index in [2.05, 4.69) is 5.32 Å². The van der Waals surface area contributed by atoms with E-state index in [0.29, 0.717) is 11.4 Å². The number of benzene rings is 1. The van der Waals surface area contributed by atoms with Gasteiger partial charge in [0.1, 0.15) is 6.54 Å². The fourth-order valence-corrected chi connectivity index (χ4v) is 3.68. The van der Waals surface area contributed by atoms with Crippen LogP contribution in [0.5, 0.6) is 0 Å². The average molecular weight is 357 g/mol. The summed E-state index contributed by atoms with van der Waals surface area (Å²) in [4.78, 5) is 51.0. The van der Waals surface area contributed by atoms with Crippen molar-refractivity contribution in [2.75, 3.05) is 23.8 Å². The summed E-state index contributed by atoms with van der Waals surface area (Å²) in [5.41, 5.74) is 1.26. The molecule has 1 saturated carbocycles. The number of rotatable bonds is 4. The molecule has 7 heteroatoms. The summed E-state index contributed by atoms with van der Waals surface area (Å²) in [5.74, 6) is -1.41. The number of anilines is 2. The van der Waals surface area contributed by atoms with Crippen molar-refractivity contribution in [3.05, 3.63) is 24.3 Å². The molecule has 3 rings (SSSR count). The molecule has 2 unspecified atom stereocenters. The first-order valence-electron chi connectivity index (χ1n) is 8.88.